The molecule has 2 atom stereocenters. The van der Waals surface area contributed by atoms with Crippen molar-refractivity contribution in [2.24, 2.45) is 0 Å². The molecule has 0 aliphatic heterocycles. The third-order valence-electron chi connectivity index (χ3n) is 5.47. The summed E-state index contributed by atoms with van der Waals surface area (Å²) >= 11 is 13.8. The molecule has 0 saturated carbocycles. The molecule has 4 nitrogen and oxygen atoms in total. The van der Waals surface area contributed by atoms with Crippen LogP contribution in [0.25, 0.3) is 0 Å². The van der Waals surface area contributed by atoms with Gasteiger partial charge in [-0.25, -0.2) is 0 Å². The third kappa shape index (κ3) is 7.72. The van der Waals surface area contributed by atoms with Gasteiger partial charge >= 0.3 is 0 Å². The molecule has 174 valence electrons. The lowest BCUT2D eigenvalue weighted by Crippen LogP contribution is -2.51. The maximum absolute atomic E-state index is 13.3. The first-order chi connectivity index (χ1) is 15.3. The Balaban J connectivity index is 2.18. The highest BCUT2D eigenvalue weighted by Crippen LogP contribution is 2.25. The minimum Gasteiger partial charge on any atom is -0.352 e. The van der Waals surface area contributed by atoms with Gasteiger partial charge in [0.25, 0.3) is 0 Å². The van der Waals surface area contributed by atoms with E-state index in [1.807, 2.05) is 39.0 Å². The van der Waals surface area contributed by atoms with E-state index in [-0.39, 0.29) is 17.9 Å². The zero-order valence-electron chi connectivity index (χ0n) is 19.2. The normalized spacial score (nSPS) is 12.8. The second-order valence-electron chi connectivity index (χ2n) is 7.93. The van der Waals surface area contributed by atoms with Gasteiger partial charge in [-0.1, -0.05) is 67.4 Å². The molecule has 0 radical (unpaired) electrons. The van der Waals surface area contributed by atoms with Crippen molar-refractivity contribution >= 4 is 46.8 Å². The van der Waals surface area contributed by atoms with Crippen molar-refractivity contribution in [1.82, 2.24) is 10.2 Å². The number of nitrogens with one attached hydrogen (secondary N) is 1. The third-order valence-corrected chi connectivity index (χ3v) is 7.17. The van der Waals surface area contributed by atoms with Gasteiger partial charge in [-0.3, -0.25) is 9.59 Å². The van der Waals surface area contributed by atoms with Gasteiger partial charge in [-0.2, -0.15) is 0 Å². The van der Waals surface area contributed by atoms with Crippen LogP contribution in [-0.4, -0.2) is 34.6 Å². The summed E-state index contributed by atoms with van der Waals surface area (Å²) in [5.74, 6) is 0.845. The van der Waals surface area contributed by atoms with E-state index < -0.39 is 6.04 Å². The first-order valence-corrected chi connectivity index (χ1v) is 12.8. The molecule has 1 N–H and O–H groups in total. The lowest BCUT2D eigenvalue weighted by atomic mass is 10.1. The number of halogens is 2. The number of hydrogen-bond donors (Lipinski definition) is 1. The quantitative estimate of drug-likeness (QED) is 0.401. The number of benzene rings is 2. The van der Waals surface area contributed by atoms with Gasteiger partial charge in [0.05, 0.1) is 15.8 Å². The summed E-state index contributed by atoms with van der Waals surface area (Å²) in [6.45, 7) is 8.28. The highest BCUT2D eigenvalue weighted by molar-refractivity contribution is 7.99. The number of carbonyl (C=O) groups excluding carboxylic acids is 2. The standard InChI is InChI=1S/C25H32Cl2N2O2S/c1-5-18(4)28-25(31)23(6-2)29(14-19-11-12-21(26)22(27)13-19)24(30)16-32-15-20-10-8-7-9-17(20)3/h7-13,18,23H,5-6,14-16H2,1-4H3,(H,28,31)/t18-,23-/m1/s1. The van der Waals surface area contributed by atoms with Gasteiger partial charge in [0.2, 0.25) is 11.8 Å². The molecule has 2 aromatic carbocycles. The van der Waals surface area contributed by atoms with E-state index in [4.69, 9.17) is 23.2 Å². The Hall–Kier alpha value is -1.69. The Morgan fingerprint density at radius 3 is 2.41 bits per heavy atom. The van der Waals surface area contributed by atoms with Crippen LogP contribution in [0.5, 0.6) is 0 Å². The average molecular weight is 496 g/mol. The summed E-state index contributed by atoms with van der Waals surface area (Å²) in [7, 11) is 0. The van der Waals surface area contributed by atoms with Gasteiger partial charge in [-0.15, -0.1) is 11.8 Å². The van der Waals surface area contributed by atoms with Gasteiger partial charge in [0.15, 0.2) is 0 Å². The molecule has 2 rings (SSSR count). The second kappa shape index (κ2) is 13.1. The van der Waals surface area contributed by atoms with E-state index in [1.54, 1.807) is 28.8 Å². The van der Waals surface area contributed by atoms with Crippen molar-refractivity contribution in [2.45, 2.75) is 64.9 Å². The summed E-state index contributed by atoms with van der Waals surface area (Å²) < 4.78 is 0. The molecule has 0 aliphatic rings. The number of rotatable bonds is 11. The molecule has 0 heterocycles. The molecule has 32 heavy (non-hydrogen) atoms. The Morgan fingerprint density at radius 2 is 1.78 bits per heavy atom. The number of aryl methyl sites for hydroxylation is 1. The van der Waals surface area contributed by atoms with Crippen LogP contribution in [0.15, 0.2) is 42.5 Å². The summed E-state index contributed by atoms with van der Waals surface area (Å²) in [5, 5.41) is 3.92. The van der Waals surface area contributed by atoms with E-state index in [9.17, 15) is 9.59 Å². The van der Waals surface area contributed by atoms with Gasteiger partial charge < -0.3 is 10.2 Å². The molecule has 7 heteroatoms. The Kier molecular flexibility index (Phi) is 10.9. The zero-order valence-corrected chi connectivity index (χ0v) is 21.5. The van der Waals surface area contributed by atoms with Gasteiger partial charge in [0.1, 0.15) is 6.04 Å². The van der Waals surface area contributed by atoms with Crippen LogP contribution in [0, 0.1) is 6.92 Å². The van der Waals surface area contributed by atoms with Crippen molar-refractivity contribution in [1.29, 1.82) is 0 Å². The molecule has 0 unspecified atom stereocenters. The number of thioether (sulfide) groups is 1. The number of amides is 2. The molecule has 0 bridgehead atoms. The van der Waals surface area contributed by atoms with Gasteiger partial charge in [-0.05, 0) is 55.5 Å². The van der Waals surface area contributed by atoms with Gasteiger partial charge in [0, 0.05) is 18.3 Å². The minimum absolute atomic E-state index is 0.0499. The van der Waals surface area contributed by atoms with Crippen LogP contribution in [0.2, 0.25) is 10.0 Å². The Bertz CT molecular complexity index is 923. The van der Waals surface area contributed by atoms with E-state index >= 15 is 0 Å². The fourth-order valence-corrected chi connectivity index (χ4v) is 4.61. The fourth-order valence-electron chi connectivity index (χ4n) is 3.30. The molecule has 0 fully saturated rings. The summed E-state index contributed by atoms with van der Waals surface area (Å²) in [5.41, 5.74) is 3.26. The lowest BCUT2D eigenvalue weighted by Gasteiger charge is -2.31. The maximum atomic E-state index is 13.3. The predicted octanol–water partition coefficient (Wildman–Crippen LogP) is 6.26. The minimum atomic E-state index is -0.551. The van der Waals surface area contributed by atoms with E-state index in [0.29, 0.717) is 28.8 Å². The van der Waals surface area contributed by atoms with Crippen LogP contribution in [0.4, 0.5) is 0 Å². The monoisotopic (exact) mass is 494 g/mol. The smallest absolute Gasteiger partial charge is 0.243 e. The Labute approximate surface area is 206 Å². The van der Waals surface area contributed by atoms with Crippen molar-refractivity contribution in [3.63, 3.8) is 0 Å². The highest BCUT2D eigenvalue weighted by Gasteiger charge is 2.29. The fraction of sp³-hybridized carbons (Fsp3) is 0.440. The van der Waals surface area contributed by atoms with Crippen molar-refractivity contribution in [3.8, 4) is 0 Å². The van der Waals surface area contributed by atoms with Crippen LogP contribution in [-0.2, 0) is 21.9 Å². The molecule has 2 amide bonds. The first kappa shape index (κ1) is 26.6. The maximum Gasteiger partial charge on any atom is 0.243 e. The molecule has 0 aromatic heterocycles. The van der Waals surface area contributed by atoms with Crippen LogP contribution in [0.3, 0.4) is 0 Å². The first-order valence-electron chi connectivity index (χ1n) is 10.9. The Morgan fingerprint density at radius 1 is 1.06 bits per heavy atom. The summed E-state index contributed by atoms with van der Waals surface area (Å²) in [6.07, 6.45) is 1.35. The highest BCUT2D eigenvalue weighted by atomic mass is 35.5. The second-order valence-corrected chi connectivity index (χ2v) is 9.73. The summed E-state index contributed by atoms with van der Waals surface area (Å²) in [4.78, 5) is 28.0. The SMILES string of the molecule is CC[C@@H](C)NC(=O)[C@@H](CC)N(Cc1ccc(Cl)c(Cl)c1)C(=O)CSCc1ccccc1C. The molecular formula is C25H32Cl2N2O2S. The van der Waals surface area contributed by atoms with E-state index in [0.717, 1.165) is 17.7 Å². The number of hydrogen-bond acceptors (Lipinski definition) is 3. The lowest BCUT2D eigenvalue weighted by molar-refractivity contribution is -0.139. The topological polar surface area (TPSA) is 49.4 Å². The van der Waals surface area contributed by atoms with Crippen LogP contribution >= 0.6 is 35.0 Å². The largest absolute Gasteiger partial charge is 0.352 e. The molecule has 2 aromatic rings. The predicted molar refractivity (Wildman–Crippen MR) is 136 cm³/mol. The average Bonchev–Trinajstić information content (AvgIpc) is 2.77. The van der Waals surface area contributed by atoms with Crippen LogP contribution < -0.4 is 5.32 Å². The summed E-state index contributed by atoms with van der Waals surface area (Å²) in [6, 6.07) is 13.0. The van der Waals surface area contributed by atoms with E-state index in [2.05, 4.69) is 24.4 Å². The van der Waals surface area contributed by atoms with Crippen molar-refractivity contribution in [3.05, 3.63) is 69.2 Å². The molecule has 0 saturated heterocycles. The van der Waals surface area contributed by atoms with Crippen LogP contribution in [0.1, 0.15) is 50.3 Å². The number of carbonyl (C=O) groups is 2. The number of nitrogens with zero attached hydrogens (tertiary/aromatic N) is 1. The van der Waals surface area contributed by atoms with E-state index in [1.165, 1.54) is 11.1 Å². The molecular weight excluding hydrogens is 463 g/mol. The zero-order chi connectivity index (χ0) is 23.7. The molecule has 0 aliphatic carbocycles. The van der Waals surface area contributed by atoms with Crippen molar-refractivity contribution < 1.29 is 9.59 Å². The molecule has 0 spiro atoms. The van der Waals surface area contributed by atoms with Crippen molar-refractivity contribution in [2.75, 3.05) is 5.75 Å².